The molecule has 0 bridgehead atoms. The summed E-state index contributed by atoms with van der Waals surface area (Å²) in [6.07, 6.45) is 0.945. The first kappa shape index (κ1) is 20.3. The Balaban J connectivity index is 1.95. The summed E-state index contributed by atoms with van der Waals surface area (Å²) in [6, 6.07) is 12.4. The van der Waals surface area contributed by atoms with Crippen LogP contribution in [0.4, 0.5) is 5.69 Å². The van der Waals surface area contributed by atoms with Gasteiger partial charge in [-0.05, 0) is 43.7 Å². The summed E-state index contributed by atoms with van der Waals surface area (Å²) < 4.78 is 12.7. The molecule has 0 saturated heterocycles. The first-order valence-electron chi connectivity index (χ1n) is 9.37. The van der Waals surface area contributed by atoms with Crippen LogP contribution in [-0.2, 0) is 11.3 Å². The summed E-state index contributed by atoms with van der Waals surface area (Å²) in [5.74, 6) is -0.250. The number of nitrogens with one attached hydrogen (secondary N) is 1. The fourth-order valence-electron chi connectivity index (χ4n) is 3.39. The Labute approximate surface area is 168 Å². The van der Waals surface area contributed by atoms with Crippen molar-refractivity contribution < 1.29 is 24.2 Å². The van der Waals surface area contributed by atoms with E-state index in [9.17, 15) is 9.59 Å². The molecule has 3 aromatic rings. The van der Waals surface area contributed by atoms with Gasteiger partial charge in [-0.25, -0.2) is 4.79 Å². The number of aliphatic carboxylic acids is 1. The summed E-state index contributed by atoms with van der Waals surface area (Å²) in [6.45, 7) is 4.39. The maximum atomic E-state index is 13.1. The van der Waals surface area contributed by atoms with E-state index in [4.69, 9.17) is 14.6 Å². The molecule has 0 spiro atoms. The lowest BCUT2D eigenvalue weighted by molar-refractivity contribution is -0.139. The molecule has 1 heterocycles. The Bertz CT molecular complexity index is 1050. The van der Waals surface area contributed by atoms with E-state index in [0.29, 0.717) is 22.7 Å². The van der Waals surface area contributed by atoms with Crippen molar-refractivity contribution in [1.82, 2.24) is 4.57 Å². The van der Waals surface area contributed by atoms with Crippen LogP contribution < -0.4 is 14.8 Å². The second-order valence-corrected chi connectivity index (χ2v) is 6.66. The van der Waals surface area contributed by atoms with Gasteiger partial charge in [0.05, 0.1) is 12.7 Å². The zero-order chi connectivity index (χ0) is 21.0. The van der Waals surface area contributed by atoms with E-state index in [2.05, 4.69) is 16.8 Å². The number of carboxylic acids is 1. The number of rotatable bonds is 8. The Morgan fingerprint density at radius 3 is 2.62 bits per heavy atom. The Morgan fingerprint density at radius 1 is 1.14 bits per heavy atom. The number of carbonyl (C=O) groups is 2. The first-order chi connectivity index (χ1) is 13.9. The maximum absolute atomic E-state index is 13.1. The van der Waals surface area contributed by atoms with Crippen molar-refractivity contribution in [2.45, 2.75) is 26.8 Å². The third kappa shape index (κ3) is 4.34. The van der Waals surface area contributed by atoms with Crippen LogP contribution in [0.15, 0.2) is 42.5 Å². The summed E-state index contributed by atoms with van der Waals surface area (Å²) in [4.78, 5) is 23.8. The van der Waals surface area contributed by atoms with Crippen LogP contribution in [0.3, 0.4) is 0 Å². The minimum Gasteiger partial charge on any atom is -0.497 e. The highest BCUT2D eigenvalue weighted by Crippen LogP contribution is 2.30. The number of aromatic nitrogens is 1. The van der Waals surface area contributed by atoms with Gasteiger partial charge in [-0.1, -0.05) is 13.0 Å². The molecule has 7 nitrogen and oxygen atoms in total. The largest absolute Gasteiger partial charge is 0.497 e. The van der Waals surface area contributed by atoms with Crippen molar-refractivity contribution >= 4 is 28.5 Å². The van der Waals surface area contributed by atoms with Crippen molar-refractivity contribution in [3.63, 3.8) is 0 Å². The molecule has 7 heteroatoms. The molecule has 0 aliphatic heterocycles. The molecule has 0 aliphatic rings. The number of ether oxygens (including phenoxy) is 2. The Kier molecular flexibility index (Phi) is 6.07. The van der Waals surface area contributed by atoms with Gasteiger partial charge in [-0.15, -0.1) is 0 Å². The van der Waals surface area contributed by atoms with Crippen LogP contribution >= 0.6 is 0 Å². The van der Waals surface area contributed by atoms with Gasteiger partial charge in [0.1, 0.15) is 11.5 Å². The van der Waals surface area contributed by atoms with E-state index < -0.39 is 12.6 Å². The maximum Gasteiger partial charge on any atom is 0.341 e. The average molecular weight is 396 g/mol. The van der Waals surface area contributed by atoms with Gasteiger partial charge in [-0.2, -0.15) is 0 Å². The van der Waals surface area contributed by atoms with Gasteiger partial charge in [0.2, 0.25) is 0 Å². The number of hydrogen-bond acceptors (Lipinski definition) is 4. The number of methoxy groups -OCH3 is 1. The fourth-order valence-corrected chi connectivity index (χ4v) is 3.39. The third-order valence-corrected chi connectivity index (χ3v) is 4.66. The second-order valence-electron chi connectivity index (χ2n) is 6.66. The van der Waals surface area contributed by atoms with Crippen LogP contribution in [0.25, 0.3) is 10.9 Å². The smallest absolute Gasteiger partial charge is 0.341 e. The van der Waals surface area contributed by atoms with Crippen LogP contribution in [0.5, 0.6) is 11.5 Å². The molecule has 0 radical (unpaired) electrons. The van der Waals surface area contributed by atoms with Crippen molar-refractivity contribution in [3.8, 4) is 11.5 Å². The quantitative estimate of drug-likeness (QED) is 0.599. The standard InChI is InChI=1S/C22H24N2O5/c1-4-10-24-14(2)21(18-12-16(28-3)8-9-19(18)24)22(27)23-15-6-5-7-17(11-15)29-13-20(25)26/h5-9,11-12H,4,10,13H2,1-3H3,(H,23,27)(H,25,26). The predicted octanol–water partition coefficient (Wildman–Crippen LogP) is 4.08. The summed E-state index contributed by atoms with van der Waals surface area (Å²) in [7, 11) is 1.60. The highest BCUT2D eigenvalue weighted by molar-refractivity contribution is 6.14. The lowest BCUT2D eigenvalue weighted by Crippen LogP contribution is -2.14. The van der Waals surface area contributed by atoms with Gasteiger partial charge >= 0.3 is 5.97 Å². The van der Waals surface area contributed by atoms with E-state index in [-0.39, 0.29) is 5.91 Å². The Morgan fingerprint density at radius 2 is 1.93 bits per heavy atom. The average Bonchev–Trinajstić information content (AvgIpc) is 2.98. The topological polar surface area (TPSA) is 89.8 Å². The molecule has 0 saturated carbocycles. The van der Waals surface area contributed by atoms with E-state index >= 15 is 0 Å². The van der Waals surface area contributed by atoms with E-state index in [0.717, 1.165) is 29.6 Å². The molecule has 0 fully saturated rings. The SMILES string of the molecule is CCCn1c(C)c(C(=O)Nc2cccc(OCC(=O)O)c2)c2cc(OC)ccc21. The number of carbonyl (C=O) groups excluding carboxylic acids is 1. The number of benzene rings is 2. The minimum atomic E-state index is -1.06. The second kappa shape index (κ2) is 8.68. The molecule has 0 unspecified atom stereocenters. The number of nitrogens with zero attached hydrogens (tertiary/aromatic N) is 1. The minimum absolute atomic E-state index is 0.244. The van der Waals surface area contributed by atoms with Gasteiger partial charge in [-0.3, -0.25) is 4.79 Å². The highest BCUT2D eigenvalue weighted by Gasteiger charge is 2.20. The van der Waals surface area contributed by atoms with Crippen LogP contribution in [-0.4, -0.2) is 35.3 Å². The number of amides is 1. The molecular formula is C22H24N2O5. The number of carboxylic acid groups (broad SMARTS) is 1. The summed E-state index contributed by atoms with van der Waals surface area (Å²) >= 11 is 0. The van der Waals surface area contributed by atoms with Gasteiger partial charge < -0.3 is 24.5 Å². The molecule has 29 heavy (non-hydrogen) atoms. The monoisotopic (exact) mass is 396 g/mol. The van der Waals surface area contributed by atoms with Gasteiger partial charge in [0, 0.05) is 34.9 Å². The normalized spacial score (nSPS) is 10.7. The van der Waals surface area contributed by atoms with E-state index in [1.165, 1.54) is 0 Å². The molecule has 1 aromatic heterocycles. The molecule has 3 rings (SSSR count). The summed E-state index contributed by atoms with van der Waals surface area (Å²) in [5, 5.41) is 12.5. The van der Waals surface area contributed by atoms with E-state index in [1.54, 1.807) is 31.4 Å². The number of hydrogen-bond donors (Lipinski definition) is 2. The molecule has 1 amide bonds. The zero-order valence-electron chi connectivity index (χ0n) is 16.7. The van der Waals surface area contributed by atoms with Gasteiger partial charge in [0.15, 0.2) is 6.61 Å². The fraction of sp³-hybridized carbons (Fsp3) is 0.273. The van der Waals surface area contributed by atoms with E-state index in [1.807, 2.05) is 25.1 Å². The molecule has 0 aliphatic carbocycles. The summed E-state index contributed by atoms with van der Waals surface area (Å²) in [5.41, 5.74) is 2.97. The number of fused-ring (bicyclic) bond motifs is 1. The van der Waals surface area contributed by atoms with Crippen LogP contribution in [0.1, 0.15) is 29.4 Å². The third-order valence-electron chi connectivity index (χ3n) is 4.66. The lowest BCUT2D eigenvalue weighted by Gasteiger charge is -2.09. The Hall–Kier alpha value is -3.48. The zero-order valence-corrected chi connectivity index (χ0v) is 16.7. The number of aryl methyl sites for hydroxylation is 1. The molecule has 2 aromatic carbocycles. The van der Waals surface area contributed by atoms with Crippen molar-refractivity contribution in [2.75, 3.05) is 19.0 Å². The molecule has 152 valence electrons. The number of anilines is 1. The molecular weight excluding hydrogens is 372 g/mol. The van der Waals surface area contributed by atoms with Crippen LogP contribution in [0, 0.1) is 6.92 Å². The molecule has 0 atom stereocenters. The highest BCUT2D eigenvalue weighted by atomic mass is 16.5. The van der Waals surface area contributed by atoms with Crippen molar-refractivity contribution in [2.24, 2.45) is 0 Å². The predicted molar refractivity (Wildman–Crippen MR) is 111 cm³/mol. The lowest BCUT2D eigenvalue weighted by atomic mass is 10.1. The van der Waals surface area contributed by atoms with Crippen LogP contribution in [0.2, 0.25) is 0 Å². The first-order valence-corrected chi connectivity index (χ1v) is 9.37. The van der Waals surface area contributed by atoms with Crippen molar-refractivity contribution in [1.29, 1.82) is 0 Å². The van der Waals surface area contributed by atoms with Crippen molar-refractivity contribution in [3.05, 3.63) is 53.7 Å². The molecule has 2 N–H and O–H groups in total. The van der Waals surface area contributed by atoms with Gasteiger partial charge in [0.25, 0.3) is 5.91 Å².